The number of aliphatic hydroxyl groups is 1. The van der Waals surface area contributed by atoms with E-state index in [0.717, 1.165) is 0 Å². The highest BCUT2D eigenvalue weighted by Gasteiger charge is 2.17. The number of hydrogen-bond donors (Lipinski definition) is 1. The minimum absolute atomic E-state index is 0.114. The standard InChI is InChI=1S/C12H9ClN2O3/c13-10-7-8(15(17)18)4-5-9(10)12(16)11-3-1-2-6-14-11/h1-7,12,16H. The molecule has 0 saturated carbocycles. The van der Waals surface area contributed by atoms with Crippen LogP contribution in [0.4, 0.5) is 5.69 Å². The van der Waals surface area contributed by atoms with Crippen LogP contribution in [0.15, 0.2) is 42.6 Å². The van der Waals surface area contributed by atoms with Crippen LogP contribution in [-0.2, 0) is 0 Å². The molecule has 0 spiro atoms. The van der Waals surface area contributed by atoms with Crippen molar-refractivity contribution in [1.29, 1.82) is 0 Å². The first kappa shape index (κ1) is 12.5. The van der Waals surface area contributed by atoms with E-state index in [1.165, 1.54) is 18.2 Å². The van der Waals surface area contributed by atoms with Crippen molar-refractivity contribution in [3.8, 4) is 0 Å². The predicted molar refractivity (Wildman–Crippen MR) is 66.4 cm³/mol. The molecule has 0 aliphatic carbocycles. The Balaban J connectivity index is 2.37. The normalized spacial score (nSPS) is 12.1. The van der Waals surface area contributed by atoms with Gasteiger partial charge in [-0.1, -0.05) is 17.7 Å². The quantitative estimate of drug-likeness (QED) is 0.683. The van der Waals surface area contributed by atoms with E-state index in [1.54, 1.807) is 24.4 Å². The van der Waals surface area contributed by atoms with Gasteiger partial charge in [-0.3, -0.25) is 15.1 Å². The van der Waals surface area contributed by atoms with Crippen LogP contribution < -0.4 is 0 Å². The zero-order valence-electron chi connectivity index (χ0n) is 9.15. The zero-order valence-corrected chi connectivity index (χ0v) is 9.91. The van der Waals surface area contributed by atoms with Crippen LogP contribution in [0, 0.1) is 10.1 Å². The second kappa shape index (κ2) is 5.12. The summed E-state index contributed by atoms with van der Waals surface area (Å²) in [4.78, 5) is 14.0. The van der Waals surface area contributed by atoms with Gasteiger partial charge in [0.15, 0.2) is 0 Å². The summed E-state index contributed by atoms with van der Waals surface area (Å²) in [6.45, 7) is 0. The lowest BCUT2D eigenvalue weighted by atomic mass is 10.1. The van der Waals surface area contributed by atoms with Crippen LogP contribution in [0.3, 0.4) is 0 Å². The van der Waals surface area contributed by atoms with E-state index in [4.69, 9.17) is 11.6 Å². The van der Waals surface area contributed by atoms with Gasteiger partial charge in [-0.2, -0.15) is 0 Å². The third-order valence-electron chi connectivity index (χ3n) is 2.46. The van der Waals surface area contributed by atoms with Gasteiger partial charge in [-0.15, -0.1) is 0 Å². The van der Waals surface area contributed by atoms with Crippen LogP contribution in [0.2, 0.25) is 5.02 Å². The molecular formula is C12H9ClN2O3. The second-order valence-corrected chi connectivity index (χ2v) is 4.03. The lowest BCUT2D eigenvalue weighted by Gasteiger charge is -2.11. The van der Waals surface area contributed by atoms with Crippen LogP contribution >= 0.6 is 11.6 Å². The maximum atomic E-state index is 10.6. The summed E-state index contributed by atoms with van der Waals surface area (Å²) < 4.78 is 0. The zero-order chi connectivity index (χ0) is 13.1. The minimum atomic E-state index is -1.00. The van der Waals surface area contributed by atoms with Gasteiger partial charge in [-0.25, -0.2) is 0 Å². The van der Waals surface area contributed by atoms with Crippen molar-refractivity contribution in [2.75, 3.05) is 0 Å². The fourth-order valence-electron chi connectivity index (χ4n) is 1.55. The smallest absolute Gasteiger partial charge is 0.270 e. The average molecular weight is 265 g/mol. The summed E-state index contributed by atoms with van der Waals surface area (Å²) in [5.41, 5.74) is 0.714. The first-order valence-electron chi connectivity index (χ1n) is 5.12. The SMILES string of the molecule is O=[N+]([O-])c1ccc(C(O)c2ccccn2)c(Cl)c1. The molecule has 0 fully saturated rings. The minimum Gasteiger partial charge on any atom is -0.382 e. The number of rotatable bonds is 3. The van der Waals surface area contributed by atoms with Gasteiger partial charge >= 0.3 is 0 Å². The van der Waals surface area contributed by atoms with E-state index in [-0.39, 0.29) is 10.7 Å². The summed E-state index contributed by atoms with van der Waals surface area (Å²) >= 11 is 5.93. The van der Waals surface area contributed by atoms with Gasteiger partial charge in [0.05, 0.1) is 15.6 Å². The Labute approximate surface area is 108 Å². The monoisotopic (exact) mass is 264 g/mol. The molecule has 0 bridgehead atoms. The summed E-state index contributed by atoms with van der Waals surface area (Å²) in [5.74, 6) is 0. The van der Waals surface area contributed by atoms with Crippen molar-refractivity contribution in [3.05, 3.63) is 69.0 Å². The number of nitrogens with zero attached hydrogens (tertiary/aromatic N) is 2. The molecule has 2 aromatic rings. The average Bonchev–Trinajstić information content (AvgIpc) is 2.38. The van der Waals surface area contributed by atoms with Crippen LogP contribution in [-0.4, -0.2) is 15.0 Å². The number of pyridine rings is 1. The Hall–Kier alpha value is -1.98. The molecule has 1 unspecified atom stereocenters. The molecule has 6 heteroatoms. The molecule has 0 aliphatic rings. The maximum absolute atomic E-state index is 10.6. The largest absolute Gasteiger partial charge is 0.382 e. The molecular weight excluding hydrogens is 256 g/mol. The number of nitro groups is 1. The Kier molecular flexibility index (Phi) is 3.55. The summed E-state index contributed by atoms with van der Waals surface area (Å²) in [7, 11) is 0. The van der Waals surface area contributed by atoms with Crippen LogP contribution in [0.1, 0.15) is 17.4 Å². The lowest BCUT2D eigenvalue weighted by Crippen LogP contribution is -2.03. The molecule has 92 valence electrons. The molecule has 0 radical (unpaired) electrons. The Morgan fingerprint density at radius 2 is 2.11 bits per heavy atom. The number of halogens is 1. The van der Waals surface area contributed by atoms with E-state index in [2.05, 4.69) is 4.98 Å². The molecule has 1 atom stereocenters. The summed E-state index contributed by atoms with van der Waals surface area (Å²) in [6.07, 6.45) is 0.553. The number of benzene rings is 1. The fourth-order valence-corrected chi connectivity index (χ4v) is 1.83. The number of nitro benzene ring substituents is 1. The number of aliphatic hydroxyl groups excluding tert-OH is 1. The number of aromatic nitrogens is 1. The Bertz CT molecular complexity index is 575. The van der Waals surface area contributed by atoms with Gasteiger partial charge in [0.1, 0.15) is 6.10 Å². The van der Waals surface area contributed by atoms with Crippen molar-refractivity contribution in [2.45, 2.75) is 6.10 Å². The van der Waals surface area contributed by atoms with Crippen molar-refractivity contribution >= 4 is 17.3 Å². The second-order valence-electron chi connectivity index (χ2n) is 3.62. The van der Waals surface area contributed by atoms with Crippen molar-refractivity contribution in [1.82, 2.24) is 4.98 Å². The highest BCUT2D eigenvalue weighted by molar-refractivity contribution is 6.31. The van der Waals surface area contributed by atoms with Gasteiger partial charge in [0.2, 0.25) is 0 Å². The molecule has 1 aromatic heterocycles. The number of hydrogen-bond acceptors (Lipinski definition) is 4. The maximum Gasteiger partial charge on any atom is 0.270 e. The molecule has 0 saturated heterocycles. The molecule has 5 nitrogen and oxygen atoms in total. The van der Waals surface area contributed by atoms with Crippen LogP contribution in [0.25, 0.3) is 0 Å². The van der Waals surface area contributed by atoms with E-state index in [9.17, 15) is 15.2 Å². The van der Waals surface area contributed by atoms with Gasteiger partial charge < -0.3 is 5.11 Å². The molecule has 0 aliphatic heterocycles. The Morgan fingerprint density at radius 3 is 2.67 bits per heavy atom. The number of non-ortho nitro benzene ring substituents is 1. The highest BCUT2D eigenvalue weighted by atomic mass is 35.5. The first-order chi connectivity index (χ1) is 8.59. The molecule has 2 rings (SSSR count). The van der Waals surface area contributed by atoms with E-state index >= 15 is 0 Å². The highest BCUT2D eigenvalue weighted by Crippen LogP contribution is 2.30. The van der Waals surface area contributed by atoms with Gasteiger partial charge in [-0.05, 0) is 18.2 Å². The van der Waals surface area contributed by atoms with E-state index < -0.39 is 11.0 Å². The topological polar surface area (TPSA) is 76.3 Å². The van der Waals surface area contributed by atoms with Gasteiger partial charge in [0.25, 0.3) is 5.69 Å². The Morgan fingerprint density at radius 1 is 1.33 bits per heavy atom. The molecule has 1 N–H and O–H groups in total. The molecule has 18 heavy (non-hydrogen) atoms. The van der Waals surface area contributed by atoms with Crippen molar-refractivity contribution < 1.29 is 10.0 Å². The predicted octanol–water partition coefficient (Wildman–Crippen LogP) is 2.72. The molecule has 1 aromatic carbocycles. The fraction of sp³-hybridized carbons (Fsp3) is 0.0833. The lowest BCUT2D eigenvalue weighted by molar-refractivity contribution is -0.384. The van der Waals surface area contributed by atoms with Crippen LogP contribution in [0.5, 0.6) is 0 Å². The third kappa shape index (κ3) is 2.47. The van der Waals surface area contributed by atoms with Gasteiger partial charge in [0, 0.05) is 23.9 Å². The first-order valence-corrected chi connectivity index (χ1v) is 5.50. The summed E-state index contributed by atoms with van der Waals surface area (Å²) in [5, 5.41) is 20.8. The van der Waals surface area contributed by atoms with E-state index in [0.29, 0.717) is 11.3 Å². The molecule has 1 heterocycles. The summed E-state index contributed by atoms with van der Waals surface area (Å²) in [6, 6.07) is 9.07. The third-order valence-corrected chi connectivity index (χ3v) is 2.78. The molecule has 0 amide bonds. The van der Waals surface area contributed by atoms with Crippen molar-refractivity contribution in [3.63, 3.8) is 0 Å². The van der Waals surface area contributed by atoms with Crippen molar-refractivity contribution in [2.24, 2.45) is 0 Å². The van der Waals surface area contributed by atoms with E-state index in [1.807, 2.05) is 0 Å².